The van der Waals surface area contributed by atoms with Gasteiger partial charge in [0, 0.05) is 12.2 Å². The van der Waals surface area contributed by atoms with E-state index in [1.807, 2.05) is 63.2 Å². The van der Waals surface area contributed by atoms with Crippen molar-refractivity contribution in [1.82, 2.24) is 4.90 Å². The van der Waals surface area contributed by atoms with Crippen molar-refractivity contribution in [2.24, 2.45) is 17.8 Å². The van der Waals surface area contributed by atoms with Gasteiger partial charge in [-0.3, -0.25) is 14.4 Å². The van der Waals surface area contributed by atoms with Gasteiger partial charge in [0.2, 0.25) is 5.91 Å². The van der Waals surface area contributed by atoms with Crippen LogP contribution in [0.5, 0.6) is 0 Å². The van der Waals surface area contributed by atoms with Crippen LogP contribution in [-0.2, 0) is 19.1 Å². The molecule has 8 heteroatoms. The molecule has 208 valence electrons. The fraction of sp³-hybridized carbons (Fsp3) is 0.516. The Kier molecular flexibility index (Phi) is 7.06. The third-order valence-corrected chi connectivity index (χ3v) is 9.59. The second-order valence-electron chi connectivity index (χ2n) is 11.3. The number of amides is 2. The van der Waals surface area contributed by atoms with Gasteiger partial charge >= 0.3 is 5.97 Å². The van der Waals surface area contributed by atoms with Crippen LogP contribution in [0, 0.1) is 17.8 Å². The maximum Gasteiger partial charge on any atom is 0.310 e. The van der Waals surface area contributed by atoms with E-state index in [0.29, 0.717) is 31.4 Å². The predicted octanol–water partition coefficient (Wildman–Crippen LogP) is 4.01. The Morgan fingerprint density at radius 3 is 2.54 bits per heavy atom. The molecule has 2 bridgehead atoms. The van der Waals surface area contributed by atoms with Crippen LogP contribution in [0.4, 0.5) is 5.69 Å². The van der Waals surface area contributed by atoms with E-state index in [1.54, 1.807) is 11.0 Å². The maximum atomic E-state index is 14.7. The lowest BCUT2D eigenvalue weighted by molar-refractivity contribution is -0.158. The van der Waals surface area contributed by atoms with E-state index in [9.17, 15) is 24.6 Å². The highest BCUT2D eigenvalue weighted by molar-refractivity contribution is 6.05. The van der Waals surface area contributed by atoms with Crippen LogP contribution in [0.3, 0.4) is 0 Å². The molecule has 7 atom stereocenters. The molecule has 8 nitrogen and oxygen atoms in total. The lowest BCUT2D eigenvalue weighted by Crippen LogP contribution is -2.60. The number of aliphatic carboxylic acids is 1. The summed E-state index contributed by atoms with van der Waals surface area (Å²) in [5.41, 5.74) is -1.61. The zero-order chi connectivity index (χ0) is 28.1. The summed E-state index contributed by atoms with van der Waals surface area (Å²) in [5, 5.41) is 22.8. The van der Waals surface area contributed by atoms with Gasteiger partial charge in [-0.05, 0) is 48.1 Å². The minimum Gasteiger partial charge on any atom is -0.481 e. The molecular weight excluding hydrogens is 496 g/mol. The molecule has 0 radical (unpaired) electrons. The smallest absolute Gasteiger partial charge is 0.310 e. The van der Waals surface area contributed by atoms with Gasteiger partial charge in [0.1, 0.15) is 17.6 Å². The molecule has 5 rings (SSSR count). The minimum absolute atomic E-state index is 0.112. The highest BCUT2D eigenvalue weighted by Crippen LogP contribution is 2.64. The summed E-state index contributed by atoms with van der Waals surface area (Å²) in [4.78, 5) is 44.7. The van der Waals surface area contributed by atoms with Gasteiger partial charge in [0.15, 0.2) is 0 Å². The fourth-order valence-corrected chi connectivity index (χ4v) is 7.43. The molecule has 3 saturated heterocycles. The van der Waals surface area contributed by atoms with Gasteiger partial charge in [-0.2, -0.15) is 0 Å². The van der Waals surface area contributed by atoms with Crippen LogP contribution >= 0.6 is 0 Å². The van der Waals surface area contributed by atoms with Crippen LogP contribution in [0.25, 0.3) is 10.8 Å². The van der Waals surface area contributed by atoms with Crippen LogP contribution in [-0.4, -0.2) is 69.3 Å². The quantitative estimate of drug-likeness (QED) is 0.446. The number of aliphatic hydroxyl groups excluding tert-OH is 1. The number of carbonyl (C=O) groups excluding carboxylic acids is 2. The van der Waals surface area contributed by atoms with Crippen molar-refractivity contribution < 1.29 is 29.3 Å². The lowest BCUT2D eigenvalue weighted by atomic mass is 9.65. The summed E-state index contributed by atoms with van der Waals surface area (Å²) < 4.78 is 6.67. The molecule has 2 aromatic carbocycles. The number of hydrogen-bond donors (Lipinski definition) is 2. The van der Waals surface area contributed by atoms with E-state index < -0.39 is 47.0 Å². The summed E-state index contributed by atoms with van der Waals surface area (Å²) in [6.45, 7) is 9.53. The predicted molar refractivity (Wildman–Crippen MR) is 148 cm³/mol. The SMILES string of the molecule is C=CCN(C(=O)C1N([C@@H](CO)[C@@H](C)CC)C(=O)[C@@H]2[C@H](C(=O)O)[C@]3(CC)CCC12O3)c1ccc2ccccc2c1. The van der Waals surface area contributed by atoms with E-state index in [4.69, 9.17) is 4.74 Å². The number of ether oxygens (including phenoxy) is 1. The van der Waals surface area contributed by atoms with Crippen LogP contribution in [0.15, 0.2) is 55.1 Å². The number of hydrogen-bond acceptors (Lipinski definition) is 5. The average Bonchev–Trinajstić information content (AvgIpc) is 3.55. The lowest BCUT2D eigenvalue weighted by Gasteiger charge is -2.41. The molecule has 0 aliphatic carbocycles. The fourth-order valence-electron chi connectivity index (χ4n) is 7.43. The standard InChI is InChI=1S/C31H38N2O6/c1-5-16-32(22-13-12-20-10-8-9-11-21(20)17-22)28(36)26-31-15-14-30(7-3,39-31)25(29(37)38)24(31)27(35)33(26)23(18-34)19(4)6-2/h5,8-13,17,19,23-26,34H,1,6-7,14-16,18H2,2-4H3,(H,37,38)/t19-,23-,24-,25+,26?,30-,31?/m0/s1. The highest BCUT2D eigenvalue weighted by atomic mass is 16.5. The molecule has 2 N–H and O–H groups in total. The number of nitrogens with zero attached hydrogens (tertiary/aromatic N) is 2. The molecule has 3 aliphatic rings. The van der Waals surface area contributed by atoms with Crippen molar-refractivity contribution in [1.29, 1.82) is 0 Å². The molecule has 2 unspecified atom stereocenters. The first-order valence-electron chi connectivity index (χ1n) is 14.0. The van der Waals surface area contributed by atoms with E-state index in [0.717, 1.165) is 10.8 Å². The number of rotatable bonds is 10. The summed E-state index contributed by atoms with van der Waals surface area (Å²) in [6.07, 6.45) is 3.63. The Hall–Kier alpha value is -3.23. The third-order valence-electron chi connectivity index (χ3n) is 9.59. The first-order chi connectivity index (χ1) is 18.7. The monoisotopic (exact) mass is 534 g/mol. The maximum absolute atomic E-state index is 14.7. The summed E-state index contributed by atoms with van der Waals surface area (Å²) in [7, 11) is 0. The second kappa shape index (κ2) is 10.1. The Bertz CT molecular complexity index is 1310. The van der Waals surface area contributed by atoms with Gasteiger partial charge in [-0.25, -0.2) is 0 Å². The second-order valence-corrected chi connectivity index (χ2v) is 11.3. The van der Waals surface area contributed by atoms with E-state index in [1.165, 1.54) is 4.90 Å². The first-order valence-corrected chi connectivity index (χ1v) is 14.0. The van der Waals surface area contributed by atoms with Crippen molar-refractivity contribution in [2.45, 2.75) is 69.7 Å². The van der Waals surface area contributed by atoms with E-state index in [2.05, 4.69) is 6.58 Å². The van der Waals surface area contributed by atoms with Crippen molar-refractivity contribution in [2.75, 3.05) is 18.1 Å². The molecule has 2 aromatic rings. The van der Waals surface area contributed by atoms with Gasteiger partial charge in [-0.15, -0.1) is 6.58 Å². The summed E-state index contributed by atoms with van der Waals surface area (Å²) >= 11 is 0. The third kappa shape index (κ3) is 3.91. The minimum atomic E-state index is -1.27. The van der Waals surface area contributed by atoms with Crippen LogP contribution in [0.2, 0.25) is 0 Å². The van der Waals surface area contributed by atoms with Crippen LogP contribution < -0.4 is 4.90 Å². The van der Waals surface area contributed by atoms with E-state index >= 15 is 0 Å². The van der Waals surface area contributed by atoms with E-state index in [-0.39, 0.29) is 25.0 Å². The van der Waals surface area contributed by atoms with Gasteiger partial charge in [0.05, 0.1) is 24.2 Å². The first kappa shape index (κ1) is 27.3. The Balaban J connectivity index is 1.66. The molecular formula is C31H38N2O6. The molecule has 0 saturated carbocycles. The van der Waals surface area contributed by atoms with Crippen molar-refractivity contribution in [3.63, 3.8) is 0 Å². The highest BCUT2D eigenvalue weighted by Gasteiger charge is 2.79. The number of aliphatic hydroxyl groups is 1. The molecule has 2 amide bonds. The number of carboxylic acid groups (broad SMARTS) is 1. The molecule has 3 fully saturated rings. The molecule has 0 aromatic heterocycles. The Labute approximate surface area is 229 Å². The summed E-state index contributed by atoms with van der Waals surface area (Å²) in [6, 6.07) is 11.9. The van der Waals surface area contributed by atoms with Gasteiger partial charge in [0.25, 0.3) is 5.91 Å². The number of fused-ring (bicyclic) bond motifs is 2. The average molecular weight is 535 g/mol. The zero-order valence-electron chi connectivity index (χ0n) is 22.9. The Morgan fingerprint density at radius 2 is 1.92 bits per heavy atom. The topological polar surface area (TPSA) is 107 Å². The molecule has 3 heterocycles. The number of carboxylic acids is 1. The number of likely N-dealkylation sites (tertiary alicyclic amines) is 1. The number of carbonyl (C=O) groups is 3. The number of benzene rings is 2. The zero-order valence-corrected chi connectivity index (χ0v) is 22.9. The Morgan fingerprint density at radius 1 is 1.21 bits per heavy atom. The van der Waals surface area contributed by atoms with Crippen LogP contribution in [0.1, 0.15) is 46.5 Å². The van der Waals surface area contributed by atoms with Gasteiger partial charge in [-0.1, -0.05) is 63.6 Å². The van der Waals surface area contributed by atoms with Crippen molar-refractivity contribution in [3.8, 4) is 0 Å². The molecule has 3 aliphatic heterocycles. The van der Waals surface area contributed by atoms with Crippen molar-refractivity contribution in [3.05, 3.63) is 55.1 Å². The summed E-state index contributed by atoms with van der Waals surface area (Å²) in [5.74, 6) is -3.98. The molecule has 1 spiro atoms. The van der Waals surface area contributed by atoms with Gasteiger partial charge < -0.3 is 24.7 Å². The van der Waals surface area contributed by atoms with Crippen molar-refractivity contribution >= 4 is 34.2 Å². The largest absolute Gasteiger partial charge is 0.481 e. The molecule has 39 heavy (non-hydrogen) atoms. The number of anilines is 1. The normalized spacial score (nSPS) is 30.8.